The third kappa shape index (κ3) is 4.31. The lowest BCUT2D eigenvalue weighted by Crippen LogP contribution is -2.76. The second-order valence-corrected chi connectivity index (χ2v) is 17.4. The van der Waals surface area contributed by atoms with Crippen LogP contribution in [-0.2, 0) is 20.6 Å². The van der Waals surface area contributed by atoms with E-state index in [1.165, 1.54) is 11.0 Å². The van der Waals surface area contributed by atoms with Crippen LogP contribution < -0.4 is 11.4 Å². The summed E-state index contributed by atoms with van der Waals surface area (Å²) in [6.07, 6.45) is 19.8. The van der Waals surface area contributed by atoms with E-state index in [9.17, 15) is 4.79 Å². The number of allylic oxidation sites excluding steroid dienone is 4. The zero-order chi connectivity index (χ0) is 33.6. The molecule has 3 aliphatic heterocycles. The molecule has 11 atom stereocenters. The number of hydrogen-bond donors (Lipinski definition) is 0. The molecule has 7 aliphatic rings. The Morgan fingerprint density at radius 2 is 1.62 bits per heavy atom. The van der Waals surface area contributed by atoms with Crippen LogP contribution in [0, 0.1) is 46.3 Å². The molecule has 2 bridgehead atoms. The fourth-order valence-corrected chi connectivity index (χ4v) is 12.2. The normalized spacial score (nSPS) is 41.2. The van der Waals surface area contributed by atoms with Gasteiger partial charge in [0.1, 0.15) is 0 Å². The lowest BCUT2D eigenvalue weighted by Gasteiger charge is -2.71. The average Bonchev–Trinajstić information content (AvgIpc) is 3.58. The minimum absolute atomic E-state index is 0.0301. The number of ether oxygens (including phenoxy) is 2. The molecule has 4 fully saturated rings. The van der Waals surface area contributed by atoms with Gasteiger partial charge in [0.05, 0.1) is 22.9 Å². The highest BCUT2D eigenvalue weighted by atomic mass is 16.7. The molecule has 0 amide bonds. The molecule has 2 aromatic rings. The van der Waals surface area contributed by atoms with Gasteiger partial charge in [-0.15, -0.1) is 0 Å². The van der Waals surface area contributed by atoms with Gasteiger partial charge in [0, 0.05) is 18.4 Å². The second kappa shape index (κ2) is 11.4. The molecule has 48 heavy (non-hydrogen) atoms. The zero-order valence-corrected chi connectivity index (χ0v) is 30.1. The van der Waals surface area contributed by atoms with Gasteiger partial charge in [-0.2, -0.15) is 0 Å². The highest BCUT2D eigenvalue weighted by Gasteiger charge is 2.75. The first kappa shape index (κ1) is 32.6. The monoisotopic (exact) mass is 655 g/mol. The summed E-state index contributed by atoms with van der Waals surface area (Å²) in [4.78, 5) is 29.9. The van der Waals surface area contributed by atoms with E-state index in [4.69, 9.17) is 9.47 Å². The van der Waals surface area contributed by atoms with Crippen molar-refractivity contribution in [1.29, 1.82) is 0 Å². The summed E-state index contributed by atoms with van der Waals surface area (Å²) in [5.41, 5.74) is -1.04. The summed E-state index contributed by atoms with van der Waals surface area (Å²) in [6.45, 7) is 15.1. The number of aromatic nitrogens is 3. The van der Waals surface area contributed by atoms with E-state index >= 15 is 4.79 Å². The Kier molecular flexibility index (Phi) is 7.76. The van der Waals surface area contributed by atoms with Gasteiger partial charge in [-0.1, -0.05) is 84.0 Å². The molecular formula is C41H57N3O4. The van der Waals surface area contributed by atoms with E-state index in [0.717, 1.165) is 58.0 Å². The third-order valence-corrected chi connectivity index (χ3v) is 15.0. The van der Waals surface area contributed by atoms with Gasteiger partial charge in [0.2, 0.25) is 0 Å². The number of hydrogen-bond acceptors (Lipinski definition) is 4. The van der Waals surface area contributed by atoms with E-state index in [1.807, 2.05) is 39.7 Å². The van der Waals surface area contributed by atoms with Crippen LogP contribution in [0.3, 0.4) is 0 Å². The van der Waals surface area contributed by atoms with E-state index in [1.54, 1.807) is 0 Å². The number of nitrogens with zero attached hydrogens (tertiary/aromatic N) is 3. The average molecular weight is 656 g/mol. The summed E-state index contributed by atoms with van der Waals surface area (Å²) in [5.74, 6) is 2.72. The Balaban J connectivity index is 1.27. The highest BCUT2D eigenvalue weighted by Crippen LogP contribution is 2.74. The SMILES string of the molecule is CC(C)[C@@H](C)C=C[C@@H](C)[C@H]1CC[C@@H]2[C@]1(C)CC[C@H]1[C@]23C=C[C@]2(C[C@@H](OC4CCCCO4)CC[C@]12C)n1c(=O)n(-c2ccccc2)c(=O)n13. The molecule has 3 saturated carbocycles. The van der Waals surface area contributed by atoms with Crippen molar-refractivity contribution in [2.24, 2.45) is 46.3 Å². The van der Waals surface area contributed by atoms with Crippen molar-refractivity contribution in [3.05, 3.63) is 75.6 Å². The van der Waals surface area contributed by atoms with E-state index in [2.05, 4.69) is 65.8 Å². The van der Waals surface area contributed by atoms with Crippen molar-refractivity contribution >= 4 is 0 Å². The molecular weight excluding hydrogens is 598 g/mol. The first-order valence-corrected chi connectivity index (χ1v) is 19.2. The van der Waals surface area contributed by atoms with Crippen molar-refractivity contribution in [3.8, 4) is 5.69 Å². The Morgan fingerprint density at radius 1 is 0.854 bits per heavy atom. The van der Waals surface area contributed by atoms with Crippen LogP contribution in [0.15, 0.2) is 64.2 Å². The highest BCUT2D eigenvalue weighted by molar-refractivity contribution is 5.38. The predicted molar refractivity (Wildman–Crippen MR) is 189 cm³/mol. The van der Waals surface area contributed by atoms with Crippen LogP contribution in [0.25, 0.3) is 5.69 Å². The van der Waals surface area contributed by atoms with Crippen LogP contribution >= 0.6 is 0 Å². The Bertz CT molecular complexity index is 1710. The molecule has 7 heteroatoms. The standard InChI is InChI=1S/C41H57N3O4/c1-27(2)28(3)15-16-29(4)32-17-18-33-38(32,5)21-20-34-39(6)22-19-31(48-35-14-10-11-25-47-35)26-40(39)23-24-41(33,34)44-37(46)42(36(45)43(40)44)30-12-8-7-9-13-30/h7-9,12-13,15-16,23-24,27-29,31-35H,10-11,14,17-22,25-26H2,1-6H3/t28-,29+,31-,32+,33+,34+,35?,38+,39+,40+,41-/m0/s1. The maximum absolute atomic E-state index is 15.0. The van der Waals surface area contributed by atoms with Crippen LogP contribution in [0.5, 0.6) is 0 Å². The van der Waals surface area contributed by atoms with Gasteiger partial charge in [0.15, 0.2) is 6.29 Å². The molecule has 0 radical (unpaired) electrons. The van der Waals surface area contributed by atoms with Crippen LogP contribution in [0.2, 0.25) is 0 Å². The van der Waals surface area contributed by atoms with Crippen LogP contribution in [0.1, 0.15) is 106 Å². The van der Waals surface area contributed by atoms with Gasteiger partial charge in [0.25, 0.3) is 0 Å². The van der Waals surface area contributed by atoms with Crippen LogP contribution in [0.4, 0.5) is 0 Å². The van der Waals surface area contributed by atoms with Crippen molar-refractivity contribution in [1.82, 2.24) is 13.9 Å². The number of rotatable bonds is 7. The van der Waals surface area contributed by atoms with E-state index < -0.39 is 11.1 Å². The molecule has 1 saturated heterocycles. The second-order valence-electron chi connectivity index (χ2n) is 17.4. The number of fused-ring (bicyclic) bond motifs is 1. The molecule has 0 N–H and O–H groups in total. The van der Waals surface area contributed by atoms with Gasteiger partial charge in [-0.25, -0.2) is 23.5 Å². The van der Waals surface area contributed by atoms with Crippen molar-refractivity contribution in [2.75, 3.05) is 6.61 Å². The molecule has 1 unspecified atom stereocenters. The molecule has 2 spiro atoms. The zero-order valence-electron chi connectivity index (χ0n) is 30.1. The molecule has 1 aromatic carbocycles. The largest absolute Gasteiger partial charge is 0.353 e. The summed E-state index contributed by atoms with van der Waals surface area (Å²) in [7, 11) is 0. The summed E-state index contributed by atoms with van der Waals surface area (Å²) >= 11 is 0. The Hall–Kier alpha value is -2.64. The molecule has 9 rings (SSSR count). The molecule has 1 aromatic heterocycles. The molecule has 4 heterocycles. The van der Waals surface area contributed by atoms with E-state index in [-0.39, 0.29) is 46.4 Å². The van der Waals surface area contributed by atoms with Crippen molar-refractivity contribution < 1.29 is 9.47 Å². The third-order valence-electron chi connectivity index (χ3n) is 15.0. The van der Waals surface area contributed by atoms with E-state index in [0.29, 0.717) is 35.8 Å². The number of para-hydroxylation sites is 1. The summed E-state index contributed by atoms with van der Waals surface area (Å²) < 4.78 is 18.2. The minimum Gasteiger partial charge on any atom is -0.353 e. The van der Waals surface area contributed by atoms with Gasteiger partial charge >= 0.3 is 11.4 Å². The fraction of sp³-hybridized carbons (Fsp3) is 0.707. The molecule has 7 nitrogen and oxygen atoms in total. The van der Waals surface area contributed by atoms with Crippen molar-refractivity contribution in [3.63, 3.8) is 0 Å². The summed E-state index contributed by atoms with van der Waals surface area (Å²) in [6, 6.07) is 9.57. The Morgan fingerprint density at radius 3 is 2.35 bits per heavy atom. The molecule has 4 aliphatic carbocycles. The van der Waals surface area contributed by atoms with Crippen LogP contribution in [-0.4, -0.2) is 32.9 Å². The predicted octanol–water partition coefficient (Wildman–Crippen LogP) is 7.80. The van der Waals surface area contributed by atoms with Gasteiger partial charge in [-0.05, 0) is 111 Å². The maximum Gasteiger partial charge on any atom is 0.352 e. The Labute approximate surface area is 286 Å². The lowest BCUT2D eigenvalue weighted by molar-refractivity contribution is -0.236. The smallest absolute Gasteiger partial charge is 0.352 e. The first-order valence-electron chi connectivity index (χ1n) is 19.2. The topological polar surface area (TPSA) is 67.4 Å². The van der Waals surface area contributed by atoms with Gasteiger partial charge in [-0.3, -0.25) is 0 Å². The quantitative estimate of drug-likeness (QED) is 0.286. The lowest BCUT2D eigenvalue weighted by atomic mass is 9.40. The number of benzene rings is 1. The summed E-state index contributed by atoms with van der Waals surface area (Å²) in [5, 5.41) is 0. The van der Waals surface area contributed by atoms with Crippen molar-refractivity contribution in [2.45, 2.75) is 129 Å². The molecule has 260 valence electrons. The minimum atomic E-state index is -0.637. The fourth-order valence-electron chi connectivity index (χ4n) is 12.2. The van der Waals surface area contributed by atoms with Gasteiger partial charge < -0.3 is 9.47 Å². The first-order chi connectivity index (χ1) is 23.0. The maximum atomic E-state index is 15.0.